The van der Waals surface area contributed by atoms with Crippen LogP contribution >= 0.6 is 15.9 Å². The number of nitrogens with zero attached hydrogens (tertiary/aromatic N) is 2. The summed E-state index contributed by atoms with van der Waals surface area (Å²) in [7, 11) is 2.01. The van der Waals surface area contributed by atoms with Gasteiger partial charge in [0, 0.05) is 30.3 Å². The first-order valence-corrected chi connectivity index (χ1v) is 6.08. The van der Waals surface area contributed by atoms with Crippen LogP contribution in [0.3, 0.4) is 0 Å². The van der Waals surface area contributed by atoms with Gasteiger partial charge in [-0.05, 0) is 18.2 Å². The number of imidazole rings is 1. The molecule has 0 aliphatic heterocycles. The predicted molar refractivity (Wildman–Crippen MR) is 65.4 cm³/mol. The zero-order valence-electron chi connectivity index (χ0n) is 8.90. The molecule has 0 saturated heterocycles. The van der Waals surface area contributed by atoms with Crippen molar-refractivity contribution in [2.24, 2.45) is 7.05 Å². The molecule has 4 heteroatoms. The first-order chi connectivity index (χ1) is 7.65. The molecule has 1 aromatic heterocycles. The molecule has 1 heterocycles. The molecule has 0 unspecified atom stereocenters. The number of rotatable bonds is 1. The fraction of sp³-hybridized carbons (Fsp3) is 0.333. The summed E-state index contributed by atoms with van der Waals surface area (Å²) in [6, 6.07) is 6.06. The van der Waals surface area contributed by atoms with Gasteiger partial charge >= 0.3 is 0 Å². The highest BCUT2D eigenvalue weighted by molar-refractivity contribution is 9.10. The number of halogens is 1. The Morgan fingerprint density at radius 1 is 1.44 bits per heavy atom. The Labute approximate surface area is 102 Å². The van der Waals surface area contributed by atoms with Crippen LogP contribution in [0.2, 0.25) is 0 Å². The van der Waals surface area contributed by atoms with Crippen LogP contribution in [0.1, 0.15) is 24.6 Å². The van der Waals surface area contributed by atoms with Crippen molar-refractivity contribution in [3.8, 4) is 0 Å². The molecule has 0 atom stereocenters. The van der Waals surface area contributed by atoms with Crippen molar-refractivity contribution in [1.29, 1.82) is 0 Å². The maximum atomic E-state index is 11.0. The summed E-state index contributed by atoms with van der Waals surface area (Å²) in [6.07, 6.45) is 1.30. The maximum absolute atomic E-state index is 11.0. The van der Waals surface area contributed by atoms with E-state index in [2.05, 4.69) is 31.5 Å². The Morgan fingerprint density at radius 2 is 2.19 bits per heavy atom. The van der Waals surface area contributed by atoms with E-state index in [1.165, 1.54) is 0 Å². The summed E-state index contributed by atoms with van der Waals surface area (Å²) in [4.78, 5) is 15.6. The lowest BCUT2D eigenvalue weighted by atomic mass is 9.83. The quantitative estimate of drug-likeness (QED) is 0.804. The summed E-state index contributed by atoms with van der Waals surface area (Å²) in [5, 5.41) is 0. The van der Waals surface area contributed by atoms with Crippen LogP contribution in [0.5, 0.6) is 0 Å². The number of carbonyl (C=O) groups is 1. The first-order valence-electron chi connectivity index (χ1n) is 5.29. The number of ketones is 1. The molecular formula is C12H11BrN2O. The molecule has 1 aliphatic carbocycles. The fourth-order valence-corrected chi connectivity index (χ4v) is 2.57. The monoisotopic (exact) mass is 278 g/mol. The van der Waals surface area contributed by atoms with Crippen molar-refractivity contribution in [3.63, 3.8) is 0 Å². The van der Waals surface area contributed by atoms with Crippen LogP contribution in [0.15, 0.2) is 22.7 Å². The highest BCUT2D eigenvalue weighted by atomic mass is 79.9. The minimum absolute atomic E-state index is 0.323. The molecule has 82 valence electrons. The lowest BCUT2D eigenvalue weighted by Gasteiger charge is -2.23. The number of hydrogen-bond acceptors (Lipinski definition) is 2. The molecule has 0 radical (unpaired) electrons. The second-order valence-electron chi connectivity index (χ2n) is 4.31. The van der Waals surface area contributed by atoms with Gasteiger partial charge in [-0.3, -0.25) is 4.79 Å². The molecule has 3 nitrogen and oxygen atoms in total. The van der Waals surface area contributed by atoms with Gasteiger partial charge in [-0.25, -0.2) is 4.98 Å². The Kier molecular flexibility index (Phi) is 2.14. The topological polar surface area (TPSA) is 34.9 Å². The van der Waals surface area contributed by atoms with E-state index >= 15 is 0 Å². The molecule has 3 rings (SSSR count). The van der Waals surface area contributed by atoms with E-state index in [1.54, 1.807) is 0 Å². The van der Waals surface area contributed by atoms with Crippen molar-refractivity contribution in [2.75, 3.05) is 0 Å². The Morgan fingerprint density at radius 3 is 2.88 bits per heavy atom. The van der Waals surface area contributed by atoms with Crippen LogP contribution in [0.4, 0.5) is 0 Å². The van der Waals surface area contributed by atoms with Crippen LogP contribution < -0.4 is 0 Å². The average Bonchev–Trinajstić information content (AvgIpc) is 2.52. The zero-order valence-corrected chi connectivity index (χ0v) is 10.5. The number of fused-ring (bicyclic) bond motifs is 1. The summed E-state index contributed by atoms with van der Waals surface area (Å²) in [5.74, 6) is 1.70. The third kappa shape index (κ3) is 1.40. The smallest absolute Gasteiger partial charge is 0.134 e. The summed E-state index contributed by atoms with van der Waals surface area (Å²) >= 11 is 3.46. The van der Waals surface area contributed by atoms with Gasteiger partial charge in [0.05, 0.1) is 11.0 Å². The van der Waals surface area contributed by atoms with E-state index in [-0.39, 0.29) is 0 Å². The lowest BCUT2D eigenvalue weighted by Crippen LogP contribution is -2.23. The zero-order chi connectivity index (χ0) is 11.3. The average molecular weight is 279 g/mol. The first kappa shape index (κ1) is 10.0. The largest absolute Gasteiger partial charge is 0.331 e. The van der Waals surface area contributed by atoms with Crippen LogP contribution in [0, 0.1) is 0 Å². The van der Waals surface area contributed by atoms with Crippen LogP contribution in [-0.2, 0) is 11.8 Å². The highest BCUT2D eigenvalue weighted by Gasteiger charge is 2.31. The fourth-order valence-electron chi connectivity index (χ4n) is 2.22. The number of aromatic nitrogens is 2. The van der Waals surface area contributed by atoms with Gasteiger partial charge in [0.25, 0.3) is 0 Å². The standard InChI is InChI=1S/C12H11BrN2O/c1-15-11-6-8(13)2-3-10(11)14-12(15)7-4-9(16)5-7/h2-3,6-7H,4-5H2,1H3. The van der Waals surface area contributed by atoms with Gasteiger partial charge in [0.2, 0.25) is 0 Å². The van der Waals surface area contributed by atoms with Crippen molar-refractivity contribution in [1.82, 2.24) is 9.55 Å². The molecule has 0 bridgehead atoms. The minimum Gasteiger partial charge on any atom is -0.331 e. The normalized spacial score (nSPS) is 16.8. The van der Waals surface area contributed by atoms with Gasteiger partial charge in [-0.15, -0.1) is 0 Å². The van der Waals surface area contributed by atoms with Crippen LogP contribution in [-0.4, -0.2) is 15.3 Å². The van der Waals surface area contributed by atoms with E-state index < -0.39 is 0 Å². The molecule has 2 aromatic rings. The van der Waals surface area contributed by atoms with Gasteiger partial charge in [0.15, 0.2) is 0 Å². The Hall–Kier alpha value is -1.16. The van der Waals surface area contributed by atoms with Crippen LogP contribution in [0.25, 0.3) is 11.0 Å². The molecule has 1 aliphatic rings. The van der Waals surface area contributed by atoms with Crippen molar-refractivity contribution < 1.29 is 4.79 Å². The third-order valence-corrected chi connectivity index (χ3v) is 3.68. The van der Waals surface area contributed by atoms with Crippen molar-refractivity contribution in [2.45, 2.75) is 18.8 Å². The van der Waals surface area contributed by atoms with E-state index in [0.29, 0.717) is 24.5 Å². The molecule has 1 saturated carbocycles. The van der Waals surface area contributed by atoms with E-state index in [9.17, 15) is 4.79 Å². The van der Waals surface area contributed by atoms with E-state index in [4.69, 9.17) is 0 Å². The van der Waals surface area contributed by atoms with Gasteiger partial charge in [0.1, 0.15) is 11.6 Å². The van der Waals surface area contributed by atoms with Gasteiger partial charge in [-0.1, -0.05) is 15.9 Å². The molecular weight excluding hydrogens is 268 g/mol. The van der Waals surface area contributed by atoms with Gasteiger partial charge in [-0.2, -0.15) is 0 Å². The molecule has 16 heavy (non-hydrogen) atoms. The number of carbonyl (C=O) groups excluding carboxylic acids is 1. The molecule has 0 spiro atoms. The van der Waals surface area contributed by atoms with E-state index in [0.717, 1.165) is 21.3 Å². The third-order valence-electron chi connectivity index (χ3n) is 3.19. The molecule has 1 fully saturated rings. The Balaban J connectivity index is 2.12. The number of Topliss-reactive ketones (excluding diaryl/α,β-unsaturated/α-hetero) is 1. The molecule has 0 N–H and O–H groups in total. The molecule has 0 amide bonds. The number of hydrogen-bond donors (Lipinski definition) is 0. The second kappa shape index (κ2) is 3.42. The lowest BCUT2D eigenvalue weighted by molar-refractivity contribution is -0.124. The predicted octanol–water partition coefficient (Wildman–Crippen LogP) is 2.78. The maximum Gasteiger partial charge on any atom is 0.134 e. The summed E-state index contributed by atoms with van der Waals surface area (Å²) < 4.78 is 3.15. The highest BCUT2D eigenvalue weighted by Crippen LogP contribution is 2.34. The molecule has 1 aromatic carbocycles. The Bertz CT molecular complexity index is 580. The van der Waals surface area contributed by atoms with Crippen molar-refractivity contribution in [3.05, 3.63) is 28.5 Å². The SMILES string of the molecule is Cn1c(C2CC(=O)C2)nc2ccc(Br)cc21. The van der Waals surface area contributed by atoms with E-state index in [1.807, 2.05) is 19.2 Å². The van der Waals surface area contributed by atoms with Gasteiger partial charge < -0.3 is 4.57 Å². The summed E-state index contributed by atoms with van der Waals surface area (Å²) in [5.41, 5.74) is 2.11. The van der Waals surface area contributed by atoms with Crippen molar-refractivity contribution >= 4 is 32.7 Å². The summed E-state index contributed by atoms with van der Waals surface area (Å²) in [6.45, 7) is 0. The second-order valence-corrected chi connectivity index (χ2v) is 5.22. The minimum atomic E-state index is 0.323. The number of benzene rings is 1. The number of aryl methyl sites for hydroxylation is 1.